The molecule has 1 unspecified atom stereocenters. The molecule has 2 N–H and O–H groups in total. The number of rotatable bonds is 1. The molecule has 68 valence electrons. The lowest BCUT2D eigenvalue weighted by molar-refractivity contribution is 0.172. The molecule has 2 rings (SSSR count). The van der Waals surface area contributed by atoms with E-state index in [0.717, 1.165) is 5.39 Å². The minimum Gasteiger partial charge on any atom is -0.504 e. The molecular weight excluding hydrogens is 168 g/mol. The molecule has 1 heterocycles. The maximum absolute atomic E-state index is 9.39. The summed E-state index contributed by atoms with van der Waals surface area (Å²) < 4.78 is 5.26. The highest BCUT2D eigenvalue weighted by Gasteiger charge is 2.10. The molecule has 0 saturated heterocycles. The topological polar surface area (TPSA) is 53.6 Å². The normalized spacial score (nSPS) is 13.4. The van der Waals surface area contributed by atoms with E-state index in [-0.39, 0.29) is 5.75 Å². The van der Waals surface area contributed by atoms with Crippen LogP contribution in [0.4, 0.5) is 0 Å². The van der Waals surface area contributed by atoms with Crippen molar-refractivity contribution in [1.29, 1.82) is 0 Å². The Morgan fingerprint density at radius 1 is 1.38 bits per heavy atom. The predicted octanol–water partition coefficient (Wildman–Crippen LogP) is 2.19. The smallest absolute Gasteiger partial charge is 0.176 e. The number of hydrogen-bond acceptors (Lipinski definition) is 3. The molecule has 0 aliphatic carbocycles. The van der Waals surface area contributed by atoms with E-state index >= 15 is 0 Å². The molecule has 3 heteroatoms. The van der Waals surface area contributed by atoms with Crippen LogP contribution in [0.5, 0.6) is 5.75 Å². The first-order valence-electron chi connectivity index (χ1n) is 4.08. The van der Waals surface area contributed by atoms with Gasteiger partial charge in [-0.05, 0) is 19.1 Å². The van der Waals surface area contributed by atoms with Crippen molar-refractivity contribution in [3.05, 3.63) is 30.0 Å². The van der Waals surface area contributed by atoms with Gasteiger partial charge >= 0.3 is 0 Å². The van der Waals surface area contributed by atoms with Crippen molar-refractivity contribution in [3.8, 4) is 5.75 Å². The van der Waals surface area contributed by atoms with E-state index in [4.69, 9.17) is 4.42 Å². The zero-order valence-electron chi connectivity index (χ0n) is 7.19. The van der Waals surface area contributed by atoms with Crippen LogP contribution in [0.3, 0.4) is 0 Å². The van der Waals surface area contributed by atoms with Gasteiger partial charge in [-0.1, -0.05) is 12.1 Å². The van der Waals surface area contributed by atoms with Crippen LogP contribution in [0.2, 0.25) is 0 Å². The molecule has 13 heavy (non-hydrogen) atoms. The summed E-state index contributed by atoms with van der Waals surface area (Å²) in [4.78, 5) is 0. The average molecular weight is 178 g/mol. The lowest BCUT2D eigenvalue weighted by atomic mass is 10.2. The Labute approximate surface area is 75.2 Å². The Morgan fingerprint density at radius 3 is 2.77 bits per heavy atom. The fourth-order valence-electron chi connectivity index (χ4n) is 1.27. The Bertz CT molecular complexity index is 429. The Hall–Kier alpha value is -1.48. The third kappa shape index (κ3) is 1.27. The van der Waals surface area contributed by atoms with Crippen LogP contribution in [0.15, 0.2) is 28.7 Å². The second-order valence-electron chi connectivity index (χ2n) is 3.02. The average Bonchev–Trinajstić information content (AvgIpc) is 2.49. The fourth-order valence-corrected chi connectivity index (χ4v) is 1.27. The summed E-state index contributed by atoms with van der Waals surface area (Å²) in [5.41, 5.74) is 0.429. The number of furan rings is 1. The van der Waals surface area contributed by atoms with Crippen molar-refractivity contribution in [3.63, 3.8) is 0 Å². The summed E-state index contributed by atoms with van der Waals surface area (Å²) in [6, 6.07) is 6.83. The molecule has 0 bridgehead atoms. The summed E-state index contributed by atoms with van der Waals surface area (Å²) in [7, 11) is 0. The lowest BCUT2D eigenvalue weighted by Gasteiger charge is -1.95. The van der Waals surface area contributed by atoms with Gasteiger partial charge in [0.1, 0.15) is 11.9 Å². The van der Waals surface area contributed by atoms with Gasteiger partial charge in [0.05, 0.1) is 0 Å². The Balaban J connectivity index is 2.68. The van der Waals surface area contributed by atoms with Crippen LogP contribution in [-0.4, -0.2) is 10.2 Å². The highest BCUT2D eigenvalue weighted by atomic mass is 16.4. The Kier molecular flexibility index (Phi) is 1.74. The number of aliphatic hydroxyl groups excluding tert-OH is 1. The molecule has 0 spiro atoms. The van der Waals surface area contributed by atoms with Gasteiger partial charge in [0.25, 0.3) is 0 Å². The van der Waals surface area contributed by atoms with Crippen molar-refractivity contribution < 1.29 is 14.6 Å². The number of para-hydroxylation sites is 1. The molecule has 1 aromatic carbocycles. The first kappa shape index (κ1) is 8.13. The van der Waals surface area contributed by atoms with Crippen molar-refractivity contribution >= 4 is 11.0 Å². The number of phenolic OH excluding ortho intramolecular Hbond substituents is 1. The van der Waals surface area contributed by atoms with E-state index in [1.54, 1.807) is 25.1 Å². The minimum atomic E-state index is -0.646. The second-order valence-corrected chi connectivity index (χ2v) is 3.02. The maximum atomic E-state index is 9.39. The van der Waals surface area contributed by atoms with E-state index in [1.165, 1.54) is 0 Å². The number of hydrogen-bond donors (Lipinski definition) is 2. The van der Waals surface area contributed by atoms with E-state index < -0.39 is 6.10 Å². The molecule has 3 nitrogen and oxygen atoms in total. The zero-order chi connectivity index (χ0) is 9.42. The van der Waals surface area contributed by atoms with Gasteiger partial charge in [-0.15, -0.1) is 0 Å². The largest absolute Gasteiger partial charge is 0.504 e. The van der Waals surface area contributed by atoms with Crippen molar-refractivity contribution in [2.75, 3.05) is 0 Å². The summed E-state index contributed by atoms with van der Waals surface area (Å²) >= 11 is 0. The second kappa shape index (κ2) is 2.78. The minimum absolute atomic E-state index is 0.101. The van der Waals surface area contributed by atoms with Gasteiger partial charge in [0.2, 0.25) is 0 Å². The molecular formula is C10H10O3. The number of aliphatic hydroxyl groups is 1. The molecule has 0 radical (unpaired) electrons. The first-order valence-corrected chi connectivity index (χ1v) is 4.08. The maximum Gasteiger partial charge on any atom is 0.176 e. The van der Waals surface area contributed by atoms with Gasteiger partial charge in [0.15, 0.2) is 11.3 Å². The van der Waals surface area contributed by atoms with Gasteiger partial charge in [-0.2, -0.15) is 0 Å². The number of benzene rings is 1. The third-order valence-corrected chi connectivity index (χ3v) is 1.95. The first-order chi connectivity index (χ1) is 6.18. The summed E-state index contributed by atoms with van der Waals surface area (Å²) in [5, 5.41) is 19.4. The number of aromatic hydroxyl groups is 1. The summed E-state index contributed by atoms with van der Waals surface area (Å²) in [6.07, 6.45) is -0.646. The molecule has 0 aliphatic heterocycles. The highest BCUT2D eigenvalue weighted by molar-refractivity contribution is 5.83. The number of phenols is 1. The predicted molar refractivity (Wildman–Crippen MR) is 48.5 cm³/mol. The molecule has 1 aromatic heterocycles. The zero-order valence-corrected chi connectivity index (χ0v) is 7.19. The van der Waals surface area contributed by atoms with Crippen LogP contribution < -0.4 is 0 Å². The van der Waals surface area contributed by atoms with Gasteiger partial charge in [-0.25, -0.2) is 0 Å². The SMILES string of the molecule is CC(O)c1cc2cccc(O)c2o1. The van der Waals surface area contributed by atoms with Crippen molar-refractivity contribution in [1.82, 2.24) is 0 Å². The fraction of sp³-hybridized carbons (Fsp3) is 0.200. The molecule has 1 atom stereocenters. The van der Waals surface area contributed by atoms with E-state index in [0.29, 0.717) is 11.3 Å². The summed E-state index contributed by atoms with van der Waals surface area (Å²) in [5.74, 6) is 0.570. The van der Waals surface area contributed by atoms with Gasteiger partial charge in [-0.3, -0.25) is 0 Å². The van der Waals surface area contributed by atoms with Gasteiger partial charge < -0.3 is 14.6 Å². The Morgan fingerprint density at radius 2 is 2.15 bits per heavy atom. The highest BCUT2D eigenvalue weighted by Crippen LogP contribution is 2.29. The van der Waals surface area contributed by atoms with Gasteiger partial charge in [0, 0.05) is 5.39 Å². The molecule has 2 aromatic rings. The number of fused-ring (bicyclic) bond motifs is 1. The van der Waals surface area contributed by atoms with E-state index in [1.807, 2.05) is 6.07 Å². The van der Waals surface area contributed by atoms with E-state index in [2.05, 4.69) is 0 Å². The monoisotopic (exact) mass is 178 g/mol. The summed E-state index contributed by atoms with van der Waals surface area (Å²) in [6.45, 7) is 1.62. The van der Waals surface area contributed by atoms with Crippen LogP contribution in [0.1, 0.15) is 18.8 Å². The molecule has 0 fully saturated rings. The van der Waals surface area contributed by atoms with Crippen molar-refractivity contribution in [2.24, 2.45) is 0 Å². The van der Waals surface area contributed by atoms with Crippen LogP contribution >= 0.6 is 0 Å². The van der Waals surface area contributed by atoms with Crippen LogP contribution in [0.25, 0.3) is 11.0 Å². The quantitative estimate of drug-likeness (QED) is 0.703. The lowest BCUT2D eigenvalue weighted by Crippen LogP contribution is -1.85. The van der Waals surface area contributed by atoms with Crippen molar-refractivity contribution in [2.45, 2.75) is 13.0 Å². The third-order valence-electron chi connectivity index (χ3n) is 1.95. The molecule has 0 amide bonds. The van der Waals surface area contributed by atoms with Crippen LogP contribution in [0, 0.1) is 0 Å². The standard InChI is InChI=1S/C10H10O3/c1-6(11)9-5-7-3-2-4-8(12)10(7)13-9/h2-6,11-12H,1H3. The van der Waals surface area contributed by atoms with Crippen LogP contribution in [-0.2, 0) is 0 Å². The molecule has 0 aliphatic rings. The van der Waals surface area contributed by atoms with E-state index in [9.17, 15) is 10.2 Å². The molecule has 0 saturated carbocycles.